The zero-order chi connectivity index (χ0) is 17.3. The number of amides is 1. The van der Waals surface area contributed by atoms with Crippen molar-refractivity contribution in [2.75, 3.05) is 6.54 Å². The number of carbonyl (C=O) groups excluding carboxylic acids is 1. The summed E-state index contributed by atoms with van der Waals surface area (Å²) in [5.41, 5.74) is 5.37. The number of rotatable bonds is 4. The molecule has 0 saturated carbocycles. The Hall–Kier alpha value is -1.84. The van der Waals surface area contributed by atoms with E-state index < -0.39 is 0 Å². The van der Waals surface area contributed by atoms with Crippen LogP contribution in [0.15, 0.2) is 12.1 Å². The maximum absolute atomic E-state index is 12.2. The first-order valence-electron chi connectivity index (χ1n) is 9.18. The topological polar surface area (TPSA) is 57.8 Å². The van der Waals surface area contributed by atoms with E-state index in [1.54, 1.807) is 0 Å². The minimum atomic E-state index is -0.0352. The molecule has 0 aromatic carbocycles. The third-order valence-corrected chi connectivity index (χ3v) is 5.25. The van der Waals surface area contributed by atoms with Crippen molar-refractivity contribution in [2.24, 2.45) is 11.3 Å². The standard InChI is InChI=1S/C20H29N3O/c1-5-6-9-21-19(24)18-12-17-16(23-18)11-13-10-14(20(2,3)4)7-8-15(13)22-17/h11-12,14,23H,5-10H2,1-4H3,(H,21,24). The summed E-state index contributed by atoms with van der Waals surface area (Å²) in [5.74, 6) is 0.656. The van der Waals surface area contributed by atoms with Crippen molar-refractivity contribution >= 4 is 16.9 Å². The number of fused-ring (bicyclic) bond motifs is 2. The molecule has 130 valence electrons. The van der Waals surface area contributed by atoms with Gasteiger partial charge in [0.2, 0.25) is 0 Å². The Labute approximate surface area is 144 Å². The second kappa shape index (κ2) is 6.58. The molecule has 2 heterocycles. The fourth-order valence-corrected chi connectivity index (χ4v) is 3.54. The molecule has 2 N–H and O–H groups in total. The normalized spacial score (nSPS) is 17.8. The highest BCUT2D eigenvalue weighted by molar-refractivity contribution is 5.97. The van der Waals surface area contributed by atoms with E-state index in [1.165, 1.54) is 17.7 Å². The van der Waals surface area contributed by atoms with Gasteiger partial charge in [0.1, 0.15) is 5.69 Å². The van der Waals surface area contributed by atoms with Crippen LogP contribution < -0.4 is 5.32 Å². The van der Waals surface area contributed by atoms with Crippen LogP contribution in [-0.2, 0) is 12.8 Å². The van der Waals surface area contributed by atoms with Gasteiger partial charge in [-0.2, -0.15) is 0 Å². The minimum Gasteiger partial charge on any atom is -0.351 e. The van der Waals surface area contributed by atoms with Gasteiger partial charge in [-0.15, -0.1) is 0 Å². The summed E-state index contributed by atoms with van der Waals surface area (Å²) in [6, 6.07) is 4.09. The highest BCUT2D eigenvalue weighted by Crippen LogP contribution is 2.37. The third kappa shape index (κ3) is 3.47. The van der Waals surface area contributed by atoms with Crippen molar-refractivity contribution in [2.45, 2.75) is 59.8 Å². The van der Waals surface area contributed by atoms with Gasteiger partial charge in [0.25, 0.3) is 5.91 Å². The Bertz CT molecular complexity index is 739. The van der Waals surface area contributed by atoms with Crippen LogP contribution in [0.4, 0.5) is 0 Å². The molecule has 4 heteroatoms. The van der Waals surface area contributed by atoms with E-state index in [9.17, 15) is 4.79 Å². The molecule has 24 heavy (non-hydrogen) atoms. The molecule has 1 atom stereocenters. The number of aromatic amines is 1. The van der Waals surface area contributed by atoms with E-state index in [2.05, 4.69) is 44.1 Å². The van der Waals surface area contributed by atoms with Gasteiger partial charge < -0.3 is 10.3 Å². The predicted molar refractivity (Wildman–Crippen MR) is 98.3 cm³/mol. The quantitative estimate of drug-likeness (QED) is 0.825. The Balaban J connectivity index is 1.83. The van der Waals surface area contributed by atoms with Crippen molar-refractivity contribution in [1.29, 1.82) is 0 Å². The number of nitrogens with zero attached hydrogens (tertiary/aromatic N) is 1. The average Bonchev–Trinajstić information content (AvgIpc) is 2.94. The van der Waals surface area contributed by atoms with E-state index in [4.69, 9.17) is 4.98 Å². The molecule has 0 aliphatic heterocycles. The first-order chi connectivity index (χ1) is 11.4. The van der Waals surface area contributed by atoms with E-state index in [1.807, 2.05) is 6.07 Å². The molecular weight excluding hydrogens is 298 g/mol. The van der Waals surface area contributed by atoms with Crippen LogP contribution in [0.3, 0.4) is 0 Å². The van der Waals surface area contributed by atoms with Gasteiger partial charge in [0.15, 0.2) is 0 Å². The lowest BCUT2D eigenvalue weighted by atomic mass is 9.71. The molecule has 0 bridgehead atoms. The number of unbranched alkanes of at least 4 members (excludes halogenated alkanes) is 1. The van der Waals surface area contributed by atoms with Crippen molar-refractivity contribution in [3.05, 3.63) is 29.1 Å². The molecule has 2 aromatic rings. The van der Waals surface area contributed by atoms with Gasteiger partial charge in [0, 0.05) is 12.2 Å². The van der Waals surface area contributed by atoms with E-state index in [-0.39, 0.29) is 5.91 Å². The number of carbonyl (C=O) groups is 1. The molecule has 1 aliphatic rings. The van der Waals surface area contributed by atoms with Crippen LogP contribution in [-0.4, -0.2) is 22.4 Å². The third-order valence-electron chi connectivity index (χ3n) is 5.25. The lowest BCUT2D eigenvalue weighted by Gasteiger charge is -2.34. The van der Waals surface area contributed by atoms with Gasteiger partial charge in [-0.05, 0) is 54.7 Å². The van der Waals surface area contributed by atoms with Crippen LogP contribution >= 0.6 is 0 Å². The Morgan fingerprint density at radius 2 is 2.17 bits per heavy atom. The van der Waals surface area contributed by atoms with Crippen molar-refractivity contribution in [1.82, 2.24) is 15.3 Å². The molecule has 0 radical (unpaired) electrons. The number of hydrogen-bond donors (Lipinski definition) is 2. The summed E-state index contributed by atoms with van der Waals surface area (Å²) in [6.45, 7) is 9.81. The first-order valence-corrected chi connectivity index (χ1v) is 9.18. The molecule has 0 spiro atoms. The maximum atomic E-state index is 12.2. The van der Waals surface area contributed by atoms with Crippen molar-refractivity contribution < 1.29 is 4.79 Å². The summed E-state index contributed by atoms with van der Waals surface area (Å²) in [7, 11) is 0. The van der Waals surface area contributed by atoms with Gasteiger partial charge in [-0.25, -0.2) is 0 Å². The molecule has 3 rings (SSSR count). The summed E-state index contributed by atoms with van der Waals surface area (Å²) < 4.78 is 0. The fourth-order valence-electron chi connectivity index (χ4n) is 3.54. The molecule has 1 aliphatic carbocycles. The zero-order valence-corrected chi connectivity index (χ0v) is 15.3. The minimum absolute atomic E-state index is 0.0352. The molecule has 0 saturated heterocycles. The predicted octanol–water partition coefficient (Wildman–Crippen LogP) is 4.24. The highest BCUT2D eigenvalue weighted by Gasteiger charge is 2.29. The van der Waals surface area contributed by atoms with Crippen LogP contribution in [0.2, 0.25) is 0 Å². The van der Waals surface area contributed by atoms with E-state index in [0.29, 0.717) is 17.0 Å². The lowest BCUT2D eigenvalue weighted by Crippen LogP contribution is -2.27. The first kappa shape index (κ1) is 17.0. The van der Waals surface area contributed by atoms with E-state index in [0.717, 1.165) is 43.3 Å². The summed E-state index contributed by atoms with van der Waals surface area (Å²) >= 11 is 0. The summed E-state index contributed by atoms with van der Waals surface area (Å²) in [5, 5.41) is 2.96. The fraction of sp³-hybridized carbons (Fsp3) is 0.600. The highest BCUT2D eigenvalue weighted by atomic mass is 16.1. The number of aromatic nitrogens is 2. The second-order valence-corrected chi connectivity index (χ2v) is 8.13. The zero-order valence-electron chi connectivity index (χ0n) is 15.3. The van der Waals surface area contributed by atoms with Gasteiger partial charge >= 0.3 is 0 Å². The van der Waals surface area contributed by atoms with Crippen molar-refractivity contribution in [3.63, 3.8) is 0 Å². The lowest BCUT2D eigenvalue weighted by molar-refractivity contribution is 0.0949. The number of hydrogen-bond acceptors (Lipinski definition) is 2. The number of nitrogens with one attached hydrogen (secondary N) is 2. The van der Waals surface area contributed by atoms with Crippen LogP contribution in [0.25, 0.3) is 11.0 Å². The molecule has 1 unspecified atom stereocenters. The molecule has 2 aromatic heterocycles. The number of aryl methyl sites for hydroxylation is 1. The Morgan fingerprint density at radius 3 is 2.88 bits per heavy atom. The molecular formula is C20H29N3O. The maximum Gasteiger partial charge on any atom is 0.267 e. The molecule has 4 nitrogen and oxygen atoms in total. The smallest absolute Gasteiger partial charge is 0.267 e. The van der Waals surface area contributed by atoms with Gasteiger partial charge in [-0.1, -0.05) is 34.1 Å². The van der Waals surface area contributed by atoms with Crippen LogP contribution in [0.1, 0.15) is 68.7 Å². The summed E-state index contributed by atoms with van der Waals surface area (Å²) in [4.78, 5) is 20.3. The van der Waals surface area contributed by atoms with Gasteiger partial charge in [0.05, 0.1) is 11.0 Å². The van der Waals surface area contributed by atoms with Gasteiger partial charge in [-0.3, -0.25) is 9.78 Å². The van der Waals surface area contributed by atoms with Crippen molar-refractivity contribution in [3.8, 4) is 0 Å². The number of pyridine rings is 1. The van der Waals surface area contributed by atoms with E-state index >= 15 is 0 Å². The Kier molecular flexibility index (Phi) is 4.66. The van der Waals surface area contributed by atoms with Crippen LogP contribution in [0, 0.1) is 11.3 Å². The molecule has 1 amide bonds. The second-order valence-electron chi connectivity index (χ2n) is 8.13. The summed E-state index contributed by atoms with van der Waals surface area (Å²) in [6.07, 6.45) is 5.40. The Morgan fingerprint density at radius 1 is 1.38 bits per heavy atom. The SMILES string of the molecule is CCCCNC(=O)c1cc2nc3c(cc2[nH]1)CC(C(C)(C)C)CC3. The molecule has 0 fully saturated rings. The number of H-pyrrole nitrogens is 1. The largest absolute Gasteiger partial charge is 0.351 e. The van der Waals surface area contributed by atoms with Crippen LogP contribution in [0.5, 0.6) is 0 Å². The average molecular weight is 327 g/mol. The monoisotopic (exact) mass is 327 g/mol.